The van der Waals surface area contributed by atoms with Crippen molar-refractivity contribution in [1.29, 1.82) is 5.26 Å². The molecular weight excluding hydrogens is 304 g/mol. The molecule has 1 aromatic carbocycles. The van der Waals surface area contributed by atoms with Crippen LogP contribution in [0.1, 0.15) is 31.2 Å². The smallest absolute Gasteiger partial charge is 0.306 e. The Morgan fingerprint density at radius 1 is 1.32 bits per heavy atom. The maximum atomic E-state index is 12.2. The standard InChI is InChI=1S/C15H18N2O4S/c16-9-12-2-1-3-14(8-12)22(20,21)17-10-11-4-6-13(7-5-11)15(18)19/h1-3,8,11,13,17H,4-7,10H2,(H,18,19). The molecule has 0 radical (unpaired) electrons. The zero-order valence-corrected chi connectivity index (χ0v) is 12.8. The molecule has 22 heavy (non-hydrogen) atoms. The van der Waals surface area contributed by atoms with E-state index in [1.165, 1.54) is 18.2 Å². The van der Waals surface area contributed by atoms with E-state index < -0.39 is 16.0 Å². The highest BCUT2D eigenvalue weighted by Crippen LogP contribution is 2.28. The lowest BCUT2D eigenvalue weighted by molar-refractivity contribution is -0.143. The second-order valence-corrected chi connectivity index (χ2v) is 7.31. The van der Waals surface area contributed by atoms with Crippen molar-refractivity contribution in [3.8, 4) is 6.07 Å². The van der Waals surface area contributed by atoms with Gasteiger partial charge in [0.2, 0.25) is 10.0 Å². The van der Waals surface area contributed by atoms with E-state index >= 15 is 0 Å². The predicted octanol–water partition coefficient (Wildman–Crippen LogP) is 1.73. The summed E-state index contributed by atoms with van der Waals surface area (Å²) >= 11 is 0. The van der Waals surface area contributed by atoms with Crippen LogP contribution in [0.25, 0.3) is 0 Å². The number of carbonyl (C=O) groups is 1. The van der Waals surface area contributed by atoms with Crippen LogP contribution >= 0.6 is 0 Å². The molecule has 0 atom stereocenters. The molecule has 0 heterocycles. The Labute approximate surface area is 129 Å². The van der Waals surface area contributed by atoms with Crippen molar-refractivity contribution in [2.75, 3.05) is 6.54 Å². The van der Waals surface area contributed by atoms with Gasteiger partial charge in [0.1, 0.15) is 0 Å². The molecule has 1 fully saturated rings. The summed E-state index contributed by atoms with van der Waals surface area (Å²) < 4.78 is 27.0. The third kappa shape index (κ3) is 4.06. The van der Waals surface area contributed by atoms with Gasteiger partial charge in [-0.15, -0.1) is 0 Å². The van der Waals surface area contributed by atoms with Gasteiger partial charge in [-0.25, -0.2) is 13.1 Å². The lowest BCUT2D eigenvalue weighted by Gasteiger charge is -2.26. The summed E-state index contributed by atoms with van der Waals surface area (Å²) in [5, 5.41) is 17.8. The zero-order valence-electron chi connectivity index (χ0n) is 12.0. The van der Waals surface area contributed by atoms with Crippen LogP contribution in [-0.2, 0) is 14.8 Å². The molecule has 118 valence electrons. The third-order valence-corrected chi connectivity index (χ3v) is 5.45. The Morgan fingerprint density at radius 3 is 2.59 bits per heavy atom. The van der Waals surface area contributed by atoms with Gasteiger partial charge in [0.05, 0.1) is 22.4 Å². The number of benzene rings is 1. The molecule has 0 spiro atoms. The van der Waals surface area contributed by atoms with Crippen LogP contribution in [0.2, 0.25) is 0 Å². The van der Waals surface area contributed by atoms with Gasteiger partial charge in [0.25, 0.3) is 0 Å². The Bertz CT molecular complexity index is 686. The van der Waals surface area contributed by atoms with E-state index in [2.05, 4.69) is 4.72 Å². The fourth-order valence-corrected chi connectivity index (χ4v) is 3.82. The minimum absolute atomic E-state index is 0.0748. The largest absolute Gasteiger partial charge is 0.481 e. The van der Waals surface area contributed by atoms with Crippen LogP contribution in [-0.4, -0.2) is 26.0 Å². The van der Waals surface area contributed by atoms with Gasteiger partial charge in [-0.05, 0) is 49.8 Å². The lowest BCUT2D eigenvalue weighted by Crippen LogP contribution is -2.32. The minimum Gasteiger partial charge on any atom is -0.481 e. The van der Waals surface area contributed by atoms with Crippen molar-refractivity contribution in [1.82, 2.24) is 4.72 Å². The van der Waals surface area contributed by atoms with Crippen molar-refractivity contribution in [2.45, 2.75) is 30.6 Å². The van der Waals surface area contributed by atoms with Crippen LogP contribution in [0, 0.1) is 23.2 Å². The molecular formula is C15H18N2O4S. The number of nitrogens with one attached hydrogen (secondary N) is 1. The van der Waals surface area contributed by atoms with E-state index in [0.29, 0.717) is 37.8 Å². The first-order valence-corrected chi connectivity index (χ1v) is 8.63. The summed E-state index contributed by atoms with van der Waals surface area (Å²) in [5.74, 6) is -0.919. The van der Waals surface area contributed by atoms with Crippen molar-refractivity contribution >= 4 is 16.0 Å². The molecule has 0 aromatic heterocycles. The molecule has 0 unspecified atom stereocenters. The van der Waals surface area contributed by atoms with E-state index in [1.807, 2.05) is 6.07 Å². The van der Waals surface area contributed by atoms with Gasteiger partial charge >= 0.3 is 5.97 Å². The number of rotatable bonds is 5. The number of aliphatic carboxylic acids is 1. The van der Waals surface area contributed by atoms with Crippen LogP contribution < -0.4 is 4.72 Å². The second kappa shape index (κ2) is 6.90. The van der Waals surface area contributed by atoms with Gasteiger partial charge in [-0.3, -0.25) is 4.79 Å². The number of sulfonamides is 1. The highest BCUT2D eigenvalue weighted by Gasteiger charge is 2.26. The zero-order chi connectivity index (χ0) is 16.2. The predicted molar refractivity (Wildman–Crippen MR) is 79.4 cm³/mol. The highest BCUT2D eigenvalue weighted by molar-refractivity contribution is 7.89. The number of hydrogen-bond acceptors (Lipinski definition) is 4. The molecule has 1 aliphatic carbocycles. The van der Waals surface area contributed by atoms with E-state index in [4.69, 9.17) is 10.4 Å². The number of carboxylic acids is 1. The Balaban J connectivity index is 1.93. The summed E-state index contributed by atoms with van der Waals surface area (Å²) in [6.07, 6.45) is 2.59. The number of hydrogen-bond donors (Lipinski definition) is 2. The number of nitriles is 1. The fraction of sp³-hybridized carbons (Fsp3) is 0.467. The van der Waals surface area contributed by atoms with Gasteiger partial charge in [-0.2, -0.15) is 5.26 Å². The monoisotopic (exact) mass is 322 g/mol. The Hall–Kier alpha value is -1.91. The third-order valence-electron chi connectivity index (χ3n) is 4.03. The van der Waals surface area contributed by atoms with Crippen molar-refractivity contribution in [3.63, 3.8) is 0 Å². The van der Waals surface area contributed by atoms with Crippen LogP contribution in [0.15, 0.2) is 29.2 Å². The maximum Gasteiger partial charge on any atom is 0.306 e. The van der Waals surface area contributed by atoms with E-state index in [1.54, 1.807) is 6.07 Å². The average molecular weight is 322 g/mol. The van der Waals surface area contributed by atoms with Crippen molar-refractivity contribution < 1.29 is 18.3 Å². The summed E-state index contributed by atoms with van der Waals surface area (Å²) in [6, 6.07) is 7.78. The first kappa shape index (κ1) is 16.5. The van der Waals surface area contributed by atoms with Gasteiger partial charge < -0.3 is 5.11 Å². The van der Waals surface area contributed by atoms with Crippen LogP contribution in [0.5, 0.6) is 0 Å². The van der Waals surface area contributed by atoms with Crippen LogP contribution in [0.3, 0.4) is 0 Å². The number of nitrogens with zero attached hydrogens (tertiary/aromatic N) is 1. The molecule has 1 saturated carbocycles. The van der Waals surface area contributed by atoms with E-state index in [0.717, 1.165) is 0 Å². The average Bonchev–Trinajstić information content (AvgIpc) is 2.53. The van der Waals surface area contributed by atoms with Gasteiger partial charge in [-0.1, -0.05) is 6.07 Å². The summed E-state index contributed by atoms with van der Waals surface area (Å²) in [6.45, 7) is 0.297. The maximum absolute atomic E-state index is 12.2. The second-order valence-electron chi connectivity index (χ2n) is 5.55. The summed E-state index contributed by atoms with van der Waals surface area (Å²) in [4.78, 5) is 11.0. The topological polar surface area (TPSA) is 107 Å². The van der Waals surface area contributed by atoms with E-state index in [-0.39, 0.29) is 16.7 Å². The fourth-order valence-electron chi connectivity index (χ4n) is 2.66. The molecule has 6 nitrogen and oxygen atoms in total. The Morgan fingerprint density at radius 2 is 2.00 bits per heavy atom. The lowest BCUT2D eigenvalue weighted by atomic mass is 9.82. The SMILES string of the molecule is N#Cc1cccc(S(=O)(=O)NCC2CCC(C(=O)O)CC2)c1. The molecule has 1 aromatic rings. The minimum atomic E-state index is -3.64. The molecule has 2 N–H and O–H groups in total. The number of carboxylic acid groups (broad SMARTS) is 1. The van der Waals surface area contributed by atoms with Gasteiger partial charge in [0.15, 0.2) is 0 Å². The summed E-state index contributed by atoms with van der Waals surface area (Å²) in [5.41, 5.74) is 0.296. The first-order valence-electron chi connectivity index (χ1n) is 7.15. The quantitative estimate of drug-likeness (QED) is 0.858. The Kier molecular flexibility index (Phi) is 5.16. The normalized spacial score (nSPS) is 22.0. The molecule has 1 aliphatic rings. The molecule has 2 rings (SSSR count). The molecule has 0 aliphatic heterocycles. The van der Waals surface area contributed by atoms with Crippen molar-refractivity contribution in [2.24, 2.45) is 11.8 Å². The summed E-state index contributed by atoms with van der Waals surface area (Å²) in [7, 11) is -3.64. The molecule has 0 saturated heterocycles. The van der Waals surface area contributed by atoms with E-state index in [9.17, 15) is 13.2 Å². The highest BCUT2D eigenvalue weighted by atomic mass is 32.2. The van der Waals surface area contributed by atoms with Crippen molar-refractivity contribution in [3.05, 3.63) is 29.8 Å². The molecule has 0 bridgehead atoms. The first-order chi connectivity index (χ1) is 10.4. The van der Waals surface area contributed by atoms with Crippen LogP contribution in [0.4, 0.5) is 0 Å². The molecule has 7 heteroatoms. The van der Waals surface area contributed by atoms with Gasteiger partial charge in [0, 0.05) is 6.54 Å². The molecule has 0 amide bonds.